The second kappa shape index (κ2) is 5.33. The van der Waals surface area contributed by atoms with Crippen LogP contribution < -0.4 is 5.32 Å². The molecule has 1 atom stereocenters. The van der Waals surface area contributed by atoms with E-state index in [1.54, 1.807) is 19.6 Å². The number of nitrogens with one attached hydrogen (secondary N) is 1. The first kappa shape index (κ1) is 12.3. The Morgan fingerprint density at radius 2 is 2.27 bits per heavy atom. The Kier molecular flexibility index (Phi) is 4.36. The summed E-state index contributed by atoms with van der Waals surface area (Å²) in [4.78, 5) is 0. The number of furan rings is 1. The summed E-state index contributed by atoms with van der Waals surface area (Å²) in [7, 11) is 3.73. The summed E-state index contributed by atoms with van der Waals surface area (Å²) in [5.41, 5.74) is 1.14. The van der Waals surface area contributed by atoms with E-state index in [-0.39, 0.29) is 5.60 Å². The summed E-state index contributed by atoms with van der Waals surface area (Å²) >= 11 is 0. The van der Waals surface area contributed by atoms with Crippen LogP contribution in [0.5, 0.6) is 0 Å². The summed E-state index contributed by atoms with van der Waals surface area (Å²) in [6.45, 7) is 4.21. The zero-order chi connectivity index (χ0) is 11.3. The molecule has 0 amide bonds. The third-order valence-corrected chi connectivity index (χ3v) is 2.88. The second-order valence-electron chi connectivity index (χ2n) is 4.40. The van der Waals surface area contributed by atoms with Gasteiger partial charge in [-0.1, -0.05) is 0 Å². The van der Waals surface area contributed by atoms with Gasteiger partial charge in [0.1, 0.15) is 0 Å². The molecule has 0 aliphatic carbocycles. The zero-order valence-electron chi connectivity index (χ0n) is 10.0. The van der Waals surface area contributed by atoms with E-state index < -0.39 is 0 Å². The molecule has 0 aliphatic heterocycles. The molecule has 0 radical (unpaired) electrons. The van der Waals surface area contributed by atoms with E-state index in [4.69, 9.17) is 9.15 Å². The van der Waals surface area contributed by atoms with Gasteiger partial charge < -0.3 is 14.5 Å². The molecule has 0 aromatic carbocycles. The van der Waals surface area contributed by atoms with Gasteiger partial charge in [0.2, 0.25) is 0 Å². The molecule has 1 rings (SSSR count). The van der Waals surface area contributed by atoms with Gasteiger partial charge in [-0.05, 0) is 39.8 Å². The lowest BCUT2D eigenvalue weighted by Gasteiger charge is -2.25. The van der Waals surface area contributed by atoms with Gasteiger partial charge in [0.05, 0.1) is 18.1 Å². The average Bonchev–Trinajstić information content (AvgIpc) is 2.72. The van der Waals surface area contributed by atoms with Crippen molar-refractivity contribution in [3.8, 4) is 0 Å². The maximum Gasteiger partial charge on any atom is 0.0950 e. The molecule has 0 saturated carbocycles. The van der Waals surface area contributed by atoms with Gasteiger partial charge in [-0.3, -0.25) is 0 Å². The Balaban J connectivity index is 2.49. The van der Waals surface area contributed by atoms with Gasteiger partial charge in [0.15, 0.2) is 0 Å². The summed E-state index contributed by atoms with van der Waals surface area (Å²) in [6, 6.07) is 2.35. The van der Waals surface area contributed by atoms with E-state index in [0.29, 0.717) is 6.04 Å². The van der Waals surface area contributed by atoms with E-state index in [9.17, 15) is 0 Å². The second-order valence-corrected chi connectivity index (χ2v) is 4.40. The minimum atomic E-state index is -0.0567. The molecule has 3 nitrogen and oxygen atoms in total. The highest BCUT2D eigenvalue weighted by Gasteiger charge is 2.19. The molecule has 0 spiro atoms. The Hall–Kier alpha value is -0.800. The Morgan fingerprint density at radius 3 is 2.73 bits per heavy atom. The first-order valence-corrected chi connectivity index (χ1v) is 5.33. The molecule has 1 aromatic heterocycles. The lowest BCUT2D eigenvalue weighted by molar-refractivity contribution is 0.0118. The van der Waals surface area contributed by atoms with Gasteiger partial charge in [-0.15, -0.1) is 0 Å². The number of hydrogen-bond acceptors (Lipinski definition) is 3. The van der Waals surface area contributed by atoms with Crippen molar-refractivity contribution in [1.29, 1.82) is 0 Å². The Labute approximate surface area is 91.8 Å². The van der Waals surface area contributed by atoms with Gasteiger partial charge in [0.25, 0.3) is 0 Å². The van der Waals surface area contributed by atoms with E-state index in [1.807, 2.05) is 13.1 Å². The van der Waals surface area contributed by atoms with E-state index in [2.05, 4.69) is 19.2 Å². The monoisotopic (exact) mass is 211 g/mol. The van der Waals surface area contributed by atoms with Crippen LogP contribution in [-0.2, 0) is 4.74 Å². The third-order valence-electron chi connectivity index (χ3n) is 2.88. The Bertz CT molecular complexity index is 267. The number of methoxy groups -OCH3 is 1. The number of hydrogen-bond donors (Lipinski definition) is 1. The molecule has 0 saturated heterocycles. The van der Waals surface area contributed by atoms with Crippen LogP contribution in [0.25, 0.3) is 0 Å². The van der Waals surface area contributed by atoms with Crippen molar-refractivity contribution in [1.82, 2.24) is 5.32 Å². The smallest absolute Gasteiger partial charge is 0.0950 e. The molecule has 1 aromatic rings. The normalized spacial score (nSPS) is 14.1. The fourth-order valence-electron chi connectivity index (χ4n) is 1.54. The summed E-state index contributed by atoms with van der Waals surface area (Å²) in [5, 5.41) is 3.29. The highest BCUT2D eigenvalue weighted by atomic mass is 16.5. The number of rotatable bonds is 6. The quantitative estimate of drug-likeness (QED) is 0.785. The summed E-state index contributed by atoms with van der Waals surface area (Å²) in [6.07, 6.45) is 5.55. The third kappa shape index (κ3) is 3.68. The van der Waals surface area contributed by atoms with E-state index in [0.717, 1.165) is 12.8 Å². The fourth-order valence-corrected chi connectivity index (χ4v) is 1.54. The van der Waals surface area contributed by atoms with Crippen LogP contribution in [0.3, 0.4) is 0 Å². The van der Waals surface area contributed by atoms with Gasteiger partial charge in [-0.25, -0.2) is 0 Å². The van der Waals surface area contributed by atoms with Gasteiger partial charge in [0, 0.05) is 18.7 Å². The maximum atomic E-state index is 5.40. The molecule has 3 heteroatoms. The summed E-state index contributed by atoms with van der Waals surface area (Å²) in [5.74, 6) is 0. The molecule has 1 unspecified atom stereocenters. The molecule has 1 heterocycles. The molecule has 0 bridgehead atoms. The largest absolute Gasteiger partial charge is 0.472 e. The van der Waals surface area contributed by atoms with Crippen LogP contribution in [0.4, 0.5) is 0 Å². The van der Waals surface area contributed by atoms with Crippen LogP contribution in [-0.4, -0.2) is 19.8 Å². The van der Waals surface area contributed by atoms with Gasteiger partial charge >= 0.3 is 0 Å². The highest BCUT2D eigenvalue weighted by Crippen LogP contribution is 2.24. The SMILES string of the molecule is CNC(CCC(C)(C)OC)c1ccoc1. The molecular weight excluding hydrogens is 190 g/mol. The van der Waals surface area contributed by atoms with Crippen LogP contribution >= 0.6 is 0 Å². The van der Waals surface area contributed by atoms with Crippen molar-refractivity contribution in [2.75, 3.05) is 14.2 Å². The van der Waals surface area contributed by atoms with Crippen LogP contribution in [0, 0.1) is 0 Å². The average molecular weight is 211 g/mol. The van der Waals surface area contributed by atoms with Crippen molar-refractivity contribution in [2.24, 2.45) is 0 Å². The van der Waals surface area contributed by atoms with Crippen molar-refractivity contribution >= 4 is 0 Å². The minimum absolute atomic E-state index is 0.0567. The van der Waals surface area contributed by atoms with Crippen molar-refractivity contribution in [3.05, 3.63) is 24.2 Å². The van der Waals surface area contributed by atoms with Crippen molar-refractivity contribution in [3.63, 3.8) is 0 Å². The first-order valence-electron chi connectivity index (χ1n) is 5.33. The molecule has 15 heavy (non-hydrogen) atoms. The predicted molar refractivity (Wildman–Crippen MR) is 60.8 cm³/mol. The van der Waals surface area contributed by atoms with E-state index in [1.165, 1.54) is 5.56 Å². The lowest BCUT2D eigenvalue weighted by Crippen LogP contribution is -2.25. The van der Waals surface area contributed by atoms with Gasteiger partial charge in [-0.2, -0.15) is 0 Å². The predicted octanol–water partition coefficient (Wildman–Crippen LogP) is 2.75. The van der Waals surface area contributed by atoms with Crippen LogP contribution in [0.2, 0.25) is 0 Å². The molecule has 0 fully saturated rings. The molecular formula is C12H21NO2. The van der Waals surface area contributed by atoms with Crippen LogP contribution in [0.15, 0.2) is 23.0 Å². The van der Waals surface area contributed by atoms with Crippen molar-refractivity contribution in [2.45, 2.75) is 38.3 Å². The molecule has 0 aliphatic rings. The molecule has 1 N–H and O–H groups in total. The molecule has 86 valence electrons. The summed E-state index contributed by atoms with van der Waals surface area (Å²) < 4.78 is 10.5. The van der Waals surface area contributed by atoms with E-state index >= 15 is 0 Å². The fraction of sp³-hybridized carbons (Fsp3) is 0.667. The zero-order valence-corrected chi connectivity index (χ0v) is 10.0. The lowest BCUT2D eigenvalue weighted by atomic mass is 9.96. The standard InChI is InChI=1S/C12H21NO2/c1-12(2,14-4)7-5-11(13-3)10-6-8-15-9-10/h6,8-9,11,13H,5,7H2,1-4H3. The Morgan fingerprint density at radius 1 is 1.53 bits per heavy atom. The topological polar surface area (TPSA) is 34.4 Å². The van der Waals surface area contributed by atoms with Crippen LogP contribution in [0.1, 0.15) is 38.3 Å². The highest BCUT2D eigenvalue weighted by molar-refractivity contribution is 5.11. The minimum Gasteiger partial charge on any atom is -0.472 e. The first-order chi connectivity index (χ1) is 7.09. The van der Waals surface area contributed by atoms with Crippen molar-refractivity contribution < 1.29 is 9.15 Å². The number of ether oxygens (including phenoxy) is 1. The maximum absolute atomic E-state index is 5.40.